The molecule has 0 aromatic heterocycles. The summed E-state index contributed by atoms with van der Waals surface area (Å²) in [7, 11) is 0. The minimum Gasteiger partial charge on any atom is -0.470 e. The lowest BCUT2D eigenvalue weighted by atomic mass is 10.6. The highest BCUT2D eigenvalue weighted by atomic mass is 16.6. The first kappa shape index (κ1) is 6.50. The maximum atomic E-state index is 8.40. The molecule has 0 aromatic carbocycles. The second-order valence-electron chi connectivity index (χ2n) is 1.26. The van der Waals surface area contributed by atoms with E-state index in [1.54, 1.807) is 0 Å². The van der Waals surface area contributed by atoms with Crippen LogP contribution in [0, 0.1) is 6.92 Å². The lowest BCUT2D eigenvalue weighted by molar-refractivity contribution is -0.0447. The second-order valence-corrected chi connectivity index (χ2v) is 1.26. The zero-order chi connectivity index (χ0) is 5.86. The van der Waals surface area contributed by atoms with Gasteiger partial charge in [-0.3, -0.25) is 0 Å². The average molecular weight is 101 g/mol. The molecule has 0 aliphatic heterocycles. The molecule has 1 atom stereocenters. The van der Waals surface area contributed by atoms with Crippen molar-refractivity contribution in [3.8, 4) is 0 Å². The molecule has 1 N–H and O–H groups in total. The molecule has 0 saturated heterocycles. The number of rotatable bonds is 2. The first-order valence-electron chi connectivity index (χ1n) is 1.98. The molecule has 0 bridgehead atoms. The molecule has 2 heteroatoms. The van der Waals surface area contributed by atoms with E-state index in [1.165, 1.54) is 6.92 Å². The molecule has 0 aliphatic rings. The van der Waals surface area contributed by atoms with Gasteiger partial charge in [0.1, 0.15) is 0 Å². The van der Waals surface area contributed by atoms with E-state index in [4.69, 9.17) is 5.11 Å². The Kier molecular flexibility index (Phi) is 2.45. The second kappa shape index (κ2) is 2.64. The summed E-state index contributed by atoms with van der Waals surface area (Å²) in [6.45, 7) is 8.10. The van der Waals surface area contributed by atoms with Gasteiger partial charge in [0.05, 0.1) is 5.76 Å². The van der Waals surface area contributed by atoms with E-state index in [0.29, 0.717) is 0 Å². The van der Waals surface area contributed by atoms with Crippen molar-refractivity contribution in [2.75, 3.05) is 0 Å². The van der Waals surface area contributed by atoms with E-state index in [1.807, 2.05) is 0 Å². The Labute approximate surface area is 43.4 Å². The van der Waals surface area contributed by atoms with Gasteiger partial charge in [-0.1, -0.05) is 6.58 Å². The van der Waals surface area contributed by atoms with Crippen LogP contribution in [0.1, 0.15) is 6.92 Å². The van der Waals surface area contributed by atoms with Crippen molar-refractivity contribution in [1.82, 2.24) is 0 Å². The summed E-state index contributed by atoms with van der Waals surface area (Å²) in [5.41, 5.74) is 0. The molecule has 2 nitrogen and oxygen atoms in total. The van der Waals surface area contributed by atoms with Crippen LogP contribution in [0.25, 0.3) is 0 Å². The number of aliphatic hydroxyl groups is 1. The van der Waals surface area contributed by atoms with Gasteiger partial charge in [-0.15, -0.1) is 0 Å². The highest BCUT2D eigenvalue weighted by Crippen LogP contribution is 1.92. The summed E-state index contributed by atoms with van der Waals surface area (Å²) >= 11 is 0. The molecule has 0 aromatic rings. The van der Waals surface area contributed by atoms with Crippen molar-refractivity contribution < 1.29 is 9.84 Å². The Morgan fingerprint density at radius 3 is 2.29 bits per heavy atom. The van der Waals surface area contributed by atoms with E-state index in [-0.39, 0.29) is 5.76 Å². The van der Waals surface area contributed by atoms with Crippen LogP contribution >= 0.6 is 0 Å². The van der Waals surface area contributed by atoms with Crippen LogP contribution in [-0.2, 0) is 4.74 Å². The lowest BCUT2D eigenvalue weighted by Crippen LogP contribution is -2.02. The predicted octanol–water partition coefficient (Wildman–Crippen LogP) is 0.689. The Balaban J connectivity index is 3.13. The Bertz CT molecular complexity index is 66.5. The first-order valence-corrected chi connectivity index (χ1v) is 1.98. The molecular formula is C5H9O2. The van der Waals surface area contributed by atoms with Crippen molar-refractivity contribution in [1.29, 1.82) is 0 Å². The highest BCUT2D eigenvalue weighted by molar-refractivity contribution is 4.84. The third-order valence-electron chi connectivity index (χ3n) is 0.337. The topological polar surface area (TPSA) is 29.5 Å². The quantitative estimate of drug-likeness (QED) is 0.409. The van der Waals surface area contributed by atoms with Crippen LogP contribution in [-0.4, -0.2) is 11.4 Å². The van der Waals surface area contributed by atoms with Gasteiger partial charge in [0.2, 0.25) is 0 Å². The summed E-state index contributed by atoms with van der Waals surface area (Å²) in [5, 5.41) is 8.40. The Hall–Kier alpha value is -0.500. The lowest BCUT2D eigenvalue weighted by Gasteiger charge is -2.05. The third kappa shape index (κ3) is 5.50. The van der Waals surface area contributed by atoms with Gasteiger partial charge in [-0.05, 0) is 6.92 Å². The van der Waals surface area contributed by atoms with E-state index >= 15 is 0 Å². The van der Waals surface area contributed by atoms with Crippen LogP contribution in [0.3, 0.4) is 0 Å². The molecule has 0 heterocycles. The summed E-state index contributed by atoms with van der Waals surface area (Å²) < 4.78 is 4.50. The number of aliphatic hydroxyl groups excluding tert-OH is 1. The van der Waals surface area contributed by atoms with Crippen LogP contribution < -0.4 is 0 Å². The number of allylic oxidation sites excluding steroid dienone is 1. The van der Waals surface area contributed by atoms with Crippen molar-refractivity contribution in [3.63, 3.8) is 0 Å². The number of hydrogen-bond acceptors (Lipinski definition) is 2. The van der Waals surface area contributed by atoms with E-state index in [2.05, 4.69) is 18.2 Å². The molecule has 0 amide bonds. The molecular weight excluding hydrogens is 92.1 g/mol. The van der Waals surface area contributed by atoms with Crippen LogP contribution in [0.2, 0.25) is 0 Å². The summed E-state index contributed by atoms with van der Waals surface area (Å²) in [5.74, 6) is 0.287. The van der Waals surface area contributed by atoms with Gasteiger partial charge in [-0.25, -0.2) is 0 Å². The Morgan fingerprint density at radius 1 is 1.86 bits per heavy atom. The maximum Gasteiger partial charge on any atom is 0.193 e. The van der Waals surface area contributed by atoms with Gasteiger partial charge in [-0.2, -0.15) is 0 Å². The van der Waals surface area contributed by atoms with Crippen molar-refractivity contribution in [2.24, 2.45) is 0 Å². The number of ether oxygens (including phenoxy) is 1. The molecule has 0 aliphatic carbocycles. The van der Waals surface area contributed by atoms with Crippen LogP contribution in [0.15, 0.2) is 12.3 Å². The molecule has 0 saturated carbocycles. The predicted molar refractivity (Wildman–Crippen MR) is 27.3 cm³/mol. The minimum absolute atomic E-state index is 0.287. The van der Waals surface area contributed by atoms with Crippen LogP contribution in [0.4, 0.5) is 0 Å². The third-order valence-corrected chi connectivity index (χ3v) is 0.337. The van der Waals surface area contributed by atoms with Crippen molar-refractivity contribution in [3.05, 3.63) is 19.3 Å². The normalized spacial score (nSPS) is 13.0. The van der Waals surface area contributed by atoms with Gasteiger partial charge >= 0.3 is 0 Å². The molecule has 41 valence electrons. The largest absolute Gasteiger partial charge is 0.470 e. The fraction of sp³-hybridized carbons (Fsp3) is 0.400. The van der Waals surface area contributed by atoms with Gasteiger partial charge < -0.3 is 9.84 Å². The summed E-state index contributed by atoms with van der Waals surface area (Å²) in [6.07, 6.45) is -0.787. The monoisotopic (exact) mass is 101 g/mol. The number of hydrogen-bond donors (Lipinski definition) is 1. The van der Waals surface area contributed by atoms with Gasteiger partial charge in [0, 0.05) is 6.92 Å². The van der Waals surface area contributed by atoms with E-state index in [0.717, 1.165) is 0 Å². The minimum atomic E-state index is -0.787. The smallest absolute Gasteiger partial charge is 0.193 e. The first-order chi connectivity index (χ1) is 3.13. The van der Waals surface area contributed by atoms with Crippen molar-refractivity contribution >= 4 is 0 Å². The summed E-state index contributed by atoms with van der Waals surface area (Å²) in [4.78, 5) is 0. The van der Waals surface area contributed by atoms with Crippen LogP contribution in [0.5, 0.6) is 0 Å². The van der Waals surface area contributed by atoms with Gasteiger partial charge in [0.25, 0.3) is 0 Å². The molecule has 7 heavy (non-hydrogen) atoms. The summed E-state index contributed by atoms with van der Waals surface area (Å²) in [6, 6.07) is 0. The van der Waals surface area contributed by atoms with E-state index in [9.17, 15) is 0 Å². The molecule has 1 radical (unpaired) electrons. The van der Waals surface area contributed by atoms with E-state index < -0.39 is 6.29 Å². The zero-order valence-corrected chi connectivity index (χ0v) is 4.35. The van der Waals surface area contributed by atoms with Gasteiger partial charge in [0.15, 0.2) is 6.29 Å². The average Bonchev–Trinajstić information content (AvgIpc) is 1.27. The fourth-order valence-electron chi connectivity index (χ4n) is 0.241. The molecule has 1 unspecified atom stereocenters. The SMILES string of the molecule is [CH2]C(=C)OC(C)O. The molecule has 0 rings (SSSR count). The standard InChI is InChI=1S/C5H9O2/c1-4(2)7-5(3)6/h5-6H,1-2H2,3H3. The fourth-order valence-corrected chi connectivity index (χ4v) is 0.241. The molecule has 0 spiro atoms. The maximum absolute atomic E-state index is 8.40. The highest BCUT2D eigenvalue weighted by Gasteiger charge is 1.90. The zero-order valence-electron chi connectivity index (χ0n) is 4.35. The van der Waals surface area contributed by atoms with Crippen molar-refractivity contribution in [2.45, 2.75) is 13.2 Å². The molecule has 0 fully saturated rings. The Morgan fingerprint density at radius 2 is 2.29 bits per heavy atom.